The quantitative estimate of drug-likeness (QED) is 0.202. The van der Waals surface area contributed by atoms with Crippen molar-refractivity contribution in [2.75, 3.05) is 11.3 Å². The Morgan fingerprint density at radius 3 is 2.16 bits per heavy atom. The minimum Gasteiger partial charge on any atom is -0.456 e. The molecule has 196 valence electrons. The third-order valence-electron chi connectivity index (χ3n) is 5.29. The monoisotopic (exact) mass is 608 g/mol. The molecule has 0 heterocycles. The lowest BCUT2D eigenvalue weighted by Gasteiger charge is -2.14. The van der Waals surface area contributed by atoms with Gasteiger partial charge >= 0.3 is 0 Å². The highest BCUT2D eigenvalue weighted by atomic mass is 35.5. The highest BCUT2D eigenvalue weighted by Gasteiger charge is 2.20. The summed E-state index contributed by atoms with van der Waals surface area (Å²) in [6.45, 7) is 0.265. The number of hydrogen-bond donors (Lipinski definition) is 2. The Labute approximate surface area is 240 Å². The van der Waals surface area contributed by atoms with E-state index in [4.69, 9.17) is 51.1 Å². The summed E-state index contributed by atoms with van der Waals surface area (Å²) in [5.74, 6) is 0.351. The lowest BCUT2D eigenvalue weighted by Crippen LogP contribution is -2.27. The molecule has 38 heavy (non-hydrogen) atoms. The van der Waals surface area contributed by atoms with Gasteiger partial charge in [-0.05, 0) is 84.8 Å². The van der Waals surface area contributed by atoms with Gasteiger partial charge in [-0.1, -0.05) is 58.5 Å². The predicted octanol–water partition coefficient (Wildman–Crippen LogP) is 7.87. The summed E-state index contributed by atoms with van der Waals surface area (Å²) in [7, 11) is -4.04. The third kappa shape index (κ3) is 7.34. The first-order valence-electron chi connectivity index (χ1n) is 11.2. The average molecular weight is 610 g/mol. The molecule has 0 saturated heterocycles. The van der Waals surface area contributed by atoms with Crippen molar-refractivity contribution in [3.8, 4) is 11.5 Å². The summed E-state index contributed by atoms with van der Waals surface area (Å²) in [5, 5.41) is 4.46. The molecule has 4 rings (SSSR count). The number of anilines is 1. The maximum atomic E-state index is 13.1. The van der Waals surface area contributed by atoms with E-state index in [-0.39, 0.29) is 27.7 Å². The Morgan fingerprint density at radius 1 is 0.789 bits per heavy atom. The molecule has 0 spiro atoms. The lowest BCUT2D eigenvalue weighted by molar-refractivity contribution is 0.0955. The van der Waals surface area contributed by atoms with Crippen LogP contribution < -0.4 is 14.8 Å². The number of rotatable bonds is 9. The number of para-hydroxylation sites is 1. The van der Waals surface area contributed by atoms with E-state index in [1.165, 1.54) is 42.5 Å². The van der Waals surface area contributed by atoms with Crippen LogP contribution in [-0.4, -0.2) is 20.9 Å². The fourth-order valence-corrected chi connectivity index (χ4v) is 5.51. The second kappa shape index (κ2) is 12.3. The molecule has 4 aromatic carbocycles. The van der Waals surface area contributed by atoms with E-state index in [0.717, 1.165) is 5.56 Å². The van der Waals surface area contributed by atoms with E-state index in [1.807, 2.05) is 0 Å². The molecular formula is C27H20Cl4N2O4S. The van der Waals surface area contributed by atoms with Crippen molar-refractivity contribution < 1.29 is 17.9 Å². The van der Waals surface area contributed by atoms with Gasteiger partial charge in [-0.15, -0.1) is 0 Å². The van der Waals surface area contributed by atoms with Gasteiger partial charge in [-0.2, -0.15) is 0 Å². The molecule has 0 aromatic heterocycles. The fraction of sp³-hybridized carbons (Fsp3) is 0.0741. The van der Waals surface area contributed by atoms with Gasteiger partial charge in [-0.25, -0.2) is 8.42 Å². The number of hydrogen-bond acceptors (Lipinski definition) is 4. The van der Waals surface area contributed by atoms with Crippen LogP contribution >= 0.6 is 46.4 Å². The second-order valence-corrected chi connectivity index (χ2v) is 11.5. The summed E-state index contributed by atoms with van der Waals surface area (Å²) in [6.07, 6.45) is 0.469. The Balaban J connectivity index is 1.46. The zero-order valence-electron chi connectivity index (χ0n) is 19.6. The third-order valence-corrected chi connectivity index (χ3v) is 7.66. The second-order valence-electron chi connectivity index (χ2n) is 8.08. The number of carbonyl (C=O) groups is 1. The first-order valence-corrected chi connectivity index (χ1v) is 14.2. The predicted molar refractivity (Wildman–Crippen MR) is 153 cm³/mol. The molecule has 0 radical (unpaired) electrons. The van der Waals surface area contributed by atoms with E-state index in [0.29, 0.717) is 33.0 Å². The Morgan fingerprint density at radius 2 is 1.47 bits per heavy atom. The summed E-state index contributed by atoms with van der Waals surface area (Å²) in [4.78, 5) is 12.9. The molecule has 6 nitrogen and oxygen atoms in total. The molecular weight excluding hydrogens is 590 g/mol. The first kappa shape index (κ1) is 28.1. The maximum Gasteiger partial charge on any atom is 0.261 e. The van der Waals surface area contributed by atoms with Crippen molar-refractivity contribution in [1.29, 1.82) is 0 Å². The first-order chi connectivity index (χ1) is 18.1. The molecule has 0 bridgehead atoms. The maximum absolute atomic E-state index is 13.1. The number of carbonyl (C=O) groups excluding carboxylic acids is 1. The van der Waals surface area contributed by atoms with Crippen LogP contribution in [0.15, 0.2) is 89.8 Å². The van der Waals surface area contributed by atoms with Gasteiger partial charge in [0.05, 0.1) is 21.2 Å². The standard InChI is InChI=1S/C27H20Cl4N2O4S/c28-18-5-10-25(23(16-18)27(34)32-12-11-17-13-19(29)15-20(30)14-17)33-38(35,36)22-8-6-21(7-9-22)37-26-4-2-1-3-24(26)31/h1-10,13-16,33H,11-12H2,(H,32,34). The smallest absolute Gasteiger partial charge is 0.261 e. The molecule has 1 amide bonds. The zero-order chi connectivity index (χ0) is 27.3. The summed E-state index contributed by atoms with van der Waals surface area (Å²) >= 11 is 24.3. The molecule has 0 aliphatic carbocycles. The SMILES string of the molecule is O=C(NCCc1cc(Cl)cc(Cl)c1)c1cc(Cl)ccc1NS(=O)(=O)c1ccc(Oc2ccccc2Cl)cc1. The number of amides is 1. The van der Waals surface area contributed by atoms with Crippen molar-refractivity contribution in [3.05, 3.63) is 116 Å². The molecule has 0 aliphatic rings. The Kier molecular flexibility index (Phi) is 9.07. The van der Waals surface area contributed by atoms with Gasteiger partial charge in [0, 0.05) is 21.6 Å². The molecule has 0 aliphatic heterocycles. The van der Waals surface area contributed by atoms with Crippen LogP contribution in [0.5, 0.6) is 11.5 Å². The van der Waals surface area contributed by atoms with E-state index in [1.54, 1.807) is 42.5 Å². The van der Waals surface area contributed by atoms with Gasteiger partial charge in [-0.3, -0.25) is 9.52 Å². The number of ether oxygens (including phenoxy) is 1. The number of benzene rings is 4. The van der Waals surface area contributed by atoms with Crippen LogP contribution in [0.2, 0.25) is 20.1 Å². The van der Waals surface area contributed by atoms with Crippen LogP contribution in [0, 0.1) is 0 Å². The van der Waals surface area contributed by atoms with Gasteiger partial charge in [0.2, 0.25) is 0 Å². The summed E-state index contributed by atoms with van der Waals surface area (Å²) in [5.41, 5.74) is 0.995. The molecule has 2 N–H and O–H groups in total. The van der Waals surface area contributed by atoms with Crippen LogP contribution in [-0.2, 0) is 16.4 Å². The number of halogens is 4. The van der Waals surface area contributed by atoms with Crippen molar-refractivity contribution in [1.82, 2.24) is 5.32 Å². The minimum absolute atomic E-state index is 0.0249. The van der Waals surface area contributed by atoms with Gasteiger partial charge < -0.3 is 10.1 Å². The molecule has 0 unspecified atom stereocenters. The number of nitrogens with one attached hydrogen (secondary N) is 2. The largest absolute Gasteiger partial charge is 0.456 e. The zero-order valence-corrected chi connectivity index (χ0v) is 23.4. The molecule has 0 saturated carbocycles. The highest BCUT2D eigenvalue weighted by Crippen LogP contribution is 2.30. The number of sulfonamides is 1. The van der Waals surface area contributed by atoms with E-state index in [2.05, 4.69) is 10.0 Å². The van der Waals surface area contributed by atoms with E-state index < -0.39 is 15.9 Å². The molecule has 4 aromatic rings. The van der Waals surface area contributed by atoms with Crippen LogP contribution in [0.4, 0.5) is 5.69 Å². The Bertz CT molecular complexity index is 1560. The van der Waals surface area contributed by atoms with Crippen LogP contribution in [0.3, 0.4) is 0 Å². The van der Waals surface area contributed by atoms with E-state index in [9.17, 15) is 13.2 Å². The minimum atomic E-state index is -4.04. The van der Waals surface area contributed by atoms with Crippen LogP contribution in [0.1, 0.15) is 15.9 Å². The van der Waals surface area contributed by atoms with Gasteiger partial charge in [0.15, 0.2) is 0 Å². The lowest BCUT2D eigenvalue weighted by atomic mass is 10.1. The molecule has 0 atom stereocenters. The fourth-order valence-electron chi connectivity index (χ4n) is 3.51. The summed E-state index contributed by atoms with van der Waals surface area (Å²) in [6, 6.07) is 22.2. The molecule has 0 fully saturated rings. The van der Waals surface area contributed by atoms with Crippen LogP contribution in [0.25, 0.3) is 0 Å². The van der Waals surface area contributed by atoms with Gasteiger partial charge in [0.25, 0.3) is 15.9 Å². The summed E-state index contributed by atoms with van der Waals surface area (Å²) < 4.78 is 34.4. The van der Waals surface area contributed by atoms with E-state index >= 15 is 0 Å². The highest BCUT2D eigenvalue weighted by molar-refractivity contribution is 7.92. The topological polar surface area (TPSA) is 84.5 Å². The average Bonchev–Trinajstić information content (AvgIpc) is 2.86. The Hall–Kier alpha value is -2.94. The van der Waals surface area contributed by atoms with Gasteiger partial charge in [0.1, 0.15) is 11.5 Å². The van der Waals surface area contributed by atoms with Crippen molar-refractivity contribution >= 4 is 68.0 Å². The van der Waals surface area contributed by atoms with Crippen molar-refractivity contribution in [2.45, 2.75) is 11.3 Å². The van der Waals surface area contributed by atoms with Crippen molar-refractivity contribution in [3.63, 3.8) is 0 Å². The normalized spacial score (nSPS) is 11.2. The molecule has 11 heteroatoms. The van der Waals surface area contributed by atoms with Crippen molar-refractivity contribution in [2.24, 2.45) is 0 Å².